The number of fused-ring (bicyclic) bond motifs is 8. The third kappa shape index (κ3) is 11.8. The van der Waals surface area contributed by atoms with E-state index in [0.29, 0.717) is 47.1 Å². The number of rotatable bonds is 19. The van der Waals surface area contributed by atoms with Crippen molar-refractivity contribution in [1.29, 1.82) is 0 Å². The number of hydrogen-bond acceptors (Lipinski definition) is 8. The molecular weight excluding hydrogens is 981 g/mol. The molecule has 0 aliphatic carbocycles. The van der Waals surface area contributed by atoms with E-state index in [4.69, 9.17) is 18.9 Å². The molecule has 0 saturated carbocycles. The van der Waals surface area contributed by atoms with Gasteiger partial charge >= 0.3 is 0 Å². The summed E-state index contributed by atoms with van der Waals surface area (Å²) in [6.45, 7) is 17.6. The number of carbonyl (C=O) groups excluding carboxylic acids is 2. The number of aromatic nitrogens is 4. The Morgan fingerprint density at radius 3 is 1.54 bits per heavy atom. The van der Waals surface area contributed by atoms with E-state index in [1.54, 1.807) is 14.2 Å². The second-order valence-electron chi connectivity index (χ2n) is 21.8. The second-order valence-corrected chi connectivity index (χ2v) is 21.8. The predicted molar refractivity (Wildman–Crippen MR) is 310 cm³/mol. The lowest BCUT2D eigenvalue weighted by molar-refractivity contribution is 0.0908. The Morgan fingerprint density at radius 2 is 1.08 bits per heavy atom. The number of nitrogens with zero attached hydrogens (tertiary/aromatic N) is 2. The maximum atomic E-state index is 13.8. The minimum absolute atomic E-state index is 0.00228. The molecule has 2 aliphatic rings. The number of aliphatic hydroxyl groups excluding tert-OH is 2. The van der Waals surface area contributed by atoms with Crippen molar-refractivity contribution in [1.82, 2.24) is 29.7 Å². The van der Waals surface area contributed by atoms with Crippen LogP contribution in [0.3, 0.4) is 0 Å². The third-order valence-electron chi connectivity index (χ3n) is 14.5. The minimum atomic E-state index is -0.421. The van der Waals surface area contributed by atoms with Gasteiger partial charge in [0, 0.05) is 75.5 Å². The monoisotopic (exact) mass is 1060 g/mol. The molecule has 0 bridgehead atoms. The summed E-state index contributed by atoms with van der Waals surface area (Å²) in [5.41, 5.74) is 15.0. The van der Waals surface area contributed by atoms with Crippen LogP contribution in [0, 0.1) is 5.92 Å². The number of para-hydroxylation sites is 2. The third-order valence-corrected chi connectivity index (χ3v) is 14.5. The Labute approximate surface area is 457 Å². The van der Waals surface area contributed by atoms with Crippen LogP contribution in [0.2, 0.25) is 0 Å². The summed E-state index contributed by atoms with van der Waals surface area (Å²) in [7, 11) is 3.32. The highest BCUT2D eigenvalue weighted by Crippen LogP contribution is 2.43. The summed E-state index contributed by atoms with van der Waals surface area (Å²) < 4.78 is 27.9. The first-order valence-electron chi connectivity index (χ1n) is 27.4. The van der Waals surface area contributed by atoms with Crippen molar-refractivity contribution in [3.05, 3.63) is 148 Å². The number of H-pyrrole nitrogens is 2. The lowest BCUT2D eigenvalue weighted by Crippen LogP contribution is -2.39. The lowest BCUT2D eigenvalue weighted by atomic mass is 9.97. The molecule has 10 rings (SSSR count). The van der Waals surface area contributed by atoms with Crippen molar-refractivity contribution in [3.63, 3.8) is 0 Å². The number of aryl methyl sites for hydroxylation is 2. The molecule has 0 saturated heterocycles. The molecule has 78 heavy (non-hydrogen) atoms. The summed E-state index contributed by atoms with van der Waals surface area (Å²) in [6, 6.07) is 27.5. The van der Waals surface area contributed by atoms with Gasteiger partial charge in [0.1, 0.15) is 0 Å². The van der Waals surface area contributed by atoms with Crippen LogP contribution < -0.4 is 29.6 Å². The normalized spacial score (nSPS) is 13.3. The molecule has 0 fully saturated rings. The molecule has 410 valence electrons. The first-order valence-corrected chi connectivity index (χ1v) is 27.4. The molecule has 4 aromatic carbocycles. The van der Waals surface area contributed by atoms with Gasteiger partial charge in [-0.2, -0.15) is 0 Å². The number of aromatic amines is 2. The molecule has 14 nitrogen and oxygen atoms in total. The quantitative estimate of drug-likeness (QED) is 0.0463. The molecule has 0 spiro atoms. The molecule has 2 aliphatic heterocycles. The summed E-state index contributed by atoms with van der Waals surface area (Å²) >= 11 is 0. The van der Waals surface area contributed by atoms with E-state index < -0.39 is 12.1 Å². The lowest BCUT2D eigenvalue weighted by Gasteiger charge is -2.24. The highest BCUT2D eigenvalue weighted by Gasteiger charge is 2.30. The summed E-state index contributed by atoms with van der Waals surface area (Å²) in [5.74, 6) is 2.87. The molecule has 14 heteroatoms. The van der Waals surface area contributed by atoms with Gasteiger partial charge < -0.3 is 58.9 Å². The van der Waals surface area contributed by atoms with Crippen molar-refractivity contribution >= 4 is 39.7 Å². The summed E-state index contributed by atoms with van der Waals surface area (Å²) in [5, 5.41) is 28.8. The number of carbonyl (C=O) groups is 2. The molecule has 8 aromatic rings. The number of nitrogens with one attached hydrogen (secondary N) is 4. The van der Waals surface area contributed by atoms with Crippen LogP contribution in [-0.4, -0.2) is 92.9 Å². The standard InChI is InChI=1S/C32H39N3O4.C32H37N3O4/c2*1-19(2)12-28-26(32(37)34-23(18-36)13-22-17-33-27-9-7-6-8-24(22)27)15-29-25-16-31(39-20(3)4)30(38-5)14-21(25)10-11-35(28)29/h6-9,14-17,19-20,23,33,36H,10-13,18H2,1-5H3,(H,34,37);6-9,12,14-17,20,23,33,36H,10-11,13,18H2,1-5H3,(H,34,37)/t2*23-/m11/s1. The molecule has 0 unspecified atom stereocenters. The Balaban J connectivity index is 0.000000190. The van der Waals surface area contributed by atoms with Crippen molar-refractivity contribution in [2.24, 2.45) is 5.92 Å². The Bertz CT molecular complexity index is 3470. The number of amides is 2. The number of aliphatic hydroxyl groups is 2. The molecular formula is C64H76N6O8. The first-order chi connectivity index (χ1) is 37.6. The average molecular weight is 1060 g/mol. The fraction of sp³-hybridized carbons (Fsp3) is 0.375. The van der Waals surface area contributed by atoms with E-state index in [1.165, 1.54) is 5.56 Å². The molecule has 4 aromatic heterocycles. The smallest absolute Gasteiger partial charge is 0.253 e. The molecule has 2 amide bonds. The number of hydrogen-bond donors (Lipinski definition) is 6. The van der Waals surface area contributed by atoms with E-state index in [9.17, 15) is 19.8 Å². The van der Waals surface area contributed by atoms with Crippen LogP contribution in [0.5, 0.6) is 23.0 Å². The SMILES string of the molecule is COc1cc2c(cc1OC(C)C)-c1cc(C(=O)N[C@@H](CO)Cc3c[nH]c4ccccc34)c(C=C(C)C)n1CC2.COc1cc2c(cc1OC(C)C)-c1cc(C(=O)N[C@@H](CO)Cc3c[nH]c4ccccc34)c(CC(C)C)n1CC2. The molecule has 6 heterocycles. The van der Waals surface area contributed by atoms with E-state index in [0.717, 1.165) is 116 Å². The van der Waals surface area contributed by atoms with E-state index in [-0.39, 0.29) is 37.2 Å². The Kier molecular flexibility index (Phi) is 16.9. The maximum absolute atomic E-state index is 13.8. The average Bonchev–Trinajstić information content (AvgIpc) is 4.29. The summed E-state index contributed by atoms with van der Waals surface area (Å²) in [4.78, 5) is 34.1. The zero-order valence-corrected chi connectivity index (χ0v) is 46.8. The molecule has 6 N–H and O–H groups in total. The largest absolute Gasteiger partial charge is 0.493 e. The van der Waals surface area contributed by atoms with Gasteiger partial charge in [-0.1, -0.05) is 55.8 Å². The van der Waals surface area contributed by atoms with Crippen LogP contribution in [-0.2, 0) is 45.2 Å². The van der Waals surface area contributed by atoms with Crippen LogP contribution >= 0.6 is 0 Å². The Hall–Kier alpha value is -7.68. The second kappa shape index (κ2) is 23.9. The van der Waals surface area contributed by atoms with Crippen molar-refractivity contribution in [2.45, 2.75) is 125 Å². The predicted octanol–water partition coefficient (Wildman–Crippen LogP) is 11.3. The van der Waals surface area contributed by atoms with Gasteiger partial charge in [0.2, 0.25) is 0 Å². The summed E-state index contributed by atoms with van der Waals surface area (Å²) in [6.07, 6.45) is 9.51. The van der Waals surface area contributed by atoms with E-state index in [2.05, 4.69) is 67.9 Å². The minimum Gasteiger partial charge on any atom is -0.493 e. The van der Waals surface area contributed by atoms with Crippen molar-refractivity contribution < 1.29 is 38.7 Å². The van der Waals surface area contributed by atoms with Crippen LogP contribution in [0.1, 0.15) is 110 Å². The highest BCUT2D eigenvalue weighted by atomic mass is 16.5. The highest BCUT2D eigenvalue weighted by molar-refractivity contribution is 6.00. The van der Waals surface area contributed by atoms with Crippen LogP contribution in [0.4, 0.5) is 0 Å². The molecule has 0 radical (unpaired) electrons. The number of benzene rings is 4. The number of allylic oxidation sites excluding steroid dienone is 1. The van der Waals surface area contributed by atoms with Gasteiger partial charge in [-0.25, -0.2) is 0 Å². The van der Waals surface area contributed by atoms with Gasteiger partial charge in [-0.05, 0) is 156 Å². The van der Waals surface area contributed by atoms with Gasteiger partial charge in [0.15, 0.2) is 23.0 Å². The number of methoxy groups -OCH3 is 2. The Morgan fingerprint density at radius 1 is 0.615 bits per heavy atom. The first kappa shape index (κ1) is 55.1. The van der Waals surface area contributed by atoms with Crippen LogP contribution in [0.25, 0.3) is 50.4 Å². The fourth-order valence-corrected chi connectivity index (χ4v) is 11.1. The maximum Gasteiger partial charge on any atom is 0.253 e. The fourth-order valence-electron chi connectivity index (χ4n) is 11.1. The van der Waals surface area contributed by atoms with E-state index in [1.807, 2.05) is 121 Å². The number of ether oxygens (including phenoxy) is 4. The van der Waals surface area contributed by atoms with Gasteiger partial charge in [0.25, 0.3) is 11.8 Å². The van der Waals surface area contributed by atoms with Crippen molar-refractivity contribution in [2.75, 3.05) is 27.4 Å². The molecule has 2 atom stereocenters. The zero-order chi connectivity index (χ0) is 55.4. The van der Waals surface area contributed by atoms with Gasteiger partial charge in [-0.3, -0.25) is 9.59 Å². The van der Waals surface area contributed by atoms with E-state index >= 15 is 0 Å². The van der Waals surface area contributed by atoms with Gasteiger partial charge in [-0.15, -0.1) is 0 Å². The zero-order valence-electron chi connectivity index (χ0n) is 46.8. The van der Waals surface area contributed by atoms with Crippen molar-refractivity contribution in [3.8, 4) is 45.5 Å². The topological polar surface area (TPSA) is 177 Å². The van der Waals surface area contributed by atoms with Gasteiger partial charge in [0.05, 0.1) is 68.5 Å². The van der Waals surface area contributed by atoms with Crippen LogP contribution in [0.15, 0.2) is 103 Å².